The van der Waals surface area contributed by atoms with Gasteiger partial charge in [-0.25, -0.2) is 14.4 Å². The van der Waals surface area contributed by atoms with E-state index in [4.69, 9.17) is 15.3 Å². The summed E-state index contributed by atoms with van der Waals surface area (Å²) in [5.74, 6) is -6.61. The number of amides is 4. The van der Waals surface area contributed by atoms with Crippen molar-refractivity contribution >= 4 is 54.0 Å². The molecular weight excluding hydrogens is 760 g/mol. The average Bonchev–Trinajstić information content (AvgIpc) is 3.13. The number of carboxylic acid groups (broad SMARTS) is 5. The van der Waals surface area contributed by atoms with E-state index >= 15 is 0 Å². The van der Waals surface area contributed by atoms with Gasteiger partial charge in [-0.05, 0) is 38.5 Å². The van der Waals surface area contributed by atoms with Crippen LogP contribution >= 0.6 is 0 Å². The molecule has 2 atom stereocenters. The number of hydrogen-bond donors (Lipinski definition) is 10. The molecular formula is C34H60N8O15. The first kappa shape index (κ1) is 52.0. The van der Waals surface area contributed by atoms with Gasteiger partial charge in [0, 0.05) is 85.4 Å². The fourth-order valence-corrected chi connectivity index (χ4v) is 5.55. The first-order chi connectivity index (χ1) is 27.1. The molecule has 1 aliphatic rings. The molecule has 10 N–H and O–H groups in total. The number of carboxylic acids is 5. The highest BCUT2D eigenvalue weighted by atomic mass is 16.4. The molecule has 0 aromatic heterocycles. The maximum Gasteiger partial charge on any atom is 0.326 e. The van der Waals surface area contributed by atoms with Crippen LogP contribution in [0.25, 0.3) is 0 Å². The molecule has 0 spiro atoms. The van der Waals surface area contributed by atoms with Gasteiger partial charge in [0.15, 0.2) is 0 Å². The standard InChI is InChI=1S/C33H56N8O14.CH4O/c42-20-19-38-11-13-40(22-29(47)48)17-15-39(16-18-41(14-12-38)23-30(49)50)21-27(44)35-10-4-2-6-26(43)34-9-3-1-5-24(31(51)52)36-33(55)37-25(32(53)54)7-8-28(45)46;1-2/h20,24-25H,1-19,21-23H2,(H,34,43)(H,35,44)(H,45,46)(H,47,48)(H,49,50)(H,51,52)(H,53,54)(H2,36,37,55);2H,1H3. The summed E-state index contributed by atoms with van der Waals surface area (Å²) in [5, 5.41) is 62.8. The topological polar surface area (TPSA) is 336 Å². The molecule has 0 aromatic carbocycles. The third-order valence-electron chi connectivity index (χ3n) is 8.60. The van der Waals surface area contributed by atoms with Crippen LogP contribution in [0.5, 0.6) is 0 Å². The Balaban J connectivity index is 0.0000154. The number of urea groups is 1. The minimum Gasteiger partial charge on any atom is -0.481 e. The predicted molar refractivity (Wildman–Crippen MR) is 200 cm³/mol. The number of aliphatic carboxylic acids is 5. The molecule has 2 unspecified atom stereocenters. The number of hydrogen-bond acceptors (Lipinski definition) is 14. The minimum absolute atomic E-state index is 0.00184. The van der Waals surface area contributed by atoms with Crippen LogP contribution in [0.1, 0.15) is 51.4 Å². The normalized spacial score (nSPS) is 15.8. The molecule has 326 valence electrons. The molecule has 23 nitrogen and oxygen atoms in total. The second-order valence-electron chi connectivity index (χ2n) is 13.1. The number of nitrogens with zero attached hydrogens (tertiary/aromatic N) is 4. The number of aliphatic hydroxyl groups excluding tert-OH is 1. The molecule has 0 aromatic rings. The monoisotopic (exact) mass is 820 g/mol. The Kier molecular flexibility index (Phi) is 28.4. The molecule has 0 radical (unpaired) electrons. The van der Waals surface area contributed by atoms with Gasteiger partial charge < -0.3 is 56.7 Å². The number of carbonyl (C=O) groups excluding carboxylic acids is 4. The number of aliphatic hydroxyl groups is 1. The molecule has 1 fully saturated rings. The van der Waals surface area contributed by atoms with Crippen molar-refractivity contribution in [2.24, 2.45) is 0 Å². The van der Waals surface area contributed by atoms with Crippen molar-refractivity contribution in [3.63, 3.8) is 0 Å². The summed E-state index contributed by atoms with van der Waals surface area (Å²) < 4.78 is 0. The van der Waals surface area contributed by atoms with E-state index in [9.17, 15) is 58.5 Å². The van der Waals surface area contributed by atoms with Crippen LogP contribution in [0.15, 0.2) is 0 Å². The van der Waals surface area contributed by atoms with Gasteiger partial charge in [-0.15, -0.1) is 0 Å². The van der Waals surface area contributed by atoms with Gasteiger partial charge in [-0.2, -0.15) is 0 Å². The Morgan fingerprint density at radius 2 is 0.947 bits per heavy atom. The molecule has 23 heteroatoms. The van der Waals surface area contributed by atoms with Gasteiger partial charge in [0.25, 0.3) is 0 Å². The molecule has 0 saturated carbocycles. The molecule has 1 aliphatic heterocycles. The predicted octanol–water partition coefficient (Wildman–Crippen LogP) is -3.17. The van der Waals surface area contributed by atoms with E-state index in [0.29, 0.717) is 84.6 Å². The van der Waals surface area contributed by atoms with Gasteiger partial charge in [0.1, 0.15) is 18.4 Å². The summed E-state index contributed by atoms with van der Waals surface area (Å²) in [5.41, 5.74) is 0. The minimum atomic E-state index is -1.51. The van der Waals surface area contributed by atoms with E-state index in [1.165, 1.54) is 0 Å². The summed E-state index contributed by atoms with van der Waals surface area (Å²) in [6.07, 6.45) is 1.69. The summed E-state index contributed by atoms with van der Waals surface area (Å²) in [7, 11) is 1.00. The SMILES string of the molecule is CO.O=CCN1CCN(CC(=O)O)CCN(CC(=O)NCCCCC(=O)NCCCCC(NC(=O)NC(CCC(=O)O)C(=O)O)C(=O)O)CCN(CC(=O)O)CC1. The smallest absolute Gasteiger partial charge is 0.326 e. The maximum atomic E-state index is 12.8. The molecule has 1 rings (SSSR count). The van der Waals surface area contributed by atoms with Crippen molar-refractivity contribution in [1.29, 1.82) is 0 Å². The van der Waals surface area contributed by atoms with Crippen molar-refractivity contribution in [2.75, 3.05) is 98.7 Å². The summed E-state index contributed by atoms with van der Waals surface area (Å²) in [6.45, 7) is 3.19. The zero-order valence-electron chi connectivity index (χ0n) is 32.4. The molecule has 4 amide bonds. The Morgan fingerprint density at radius 1 is 0.526 bits per heavy atom. The van der Waals surface area contributed by atoms with E-state index in [2.05, 4.69) is 21.3 Å². The zero-order valence-corrected chi connectivity index (χ0v) is 32.4. The number of rotatable bonds is 25. The molecule has 0 bridgehead atoms. The van der Waals surface area contributed by atoms with E-state index in [0.717, 1.165) is 13.4 Å². The highest BCUT2D eigenvalue weighted by Crippen LogP contribution is 2.05. The van der Waals surface area contributed by atoms with Crippen LogP contribution in [0, 0.1) is 0 Å². The van der Waals surface area contributed by atoms with Crippen molar-refractivity contribution in [3.8, 4) is 0 Å². The van der Waals surface area contributed by atoms with Crippen molar-refractivity contribution in [1.82, 2.24) is 40.9 Å². The van der Waals surface area contributed by atoms with Gasteiger partial charge in [0.2, 0.25) is 11.8 Å². The summed E-state index contributed by atoms with van der Waals surface area (Å²) in [6, 6.07) is -3.92. The number of aldehydes is 1. The summed E-state index contributed by atoms with van der Waals surface area (Å²) >= 11 is 0. The van der Waals surface area contributed by atoms with Gasteiger partial charge in [-0.3, -0.25) is 43.6 Å². The Morgan fingerprint density at radius 3 is 1.39 bits per heavy atom. The average molecular weight is 821 g/mol. The second-order valence-corrected chi connectivity index (χ2v) is 13.1. The largest absolute Gasteiger partial charge is 0.481 e. The fraction of sp³-hybridized carbons (Fsp3) is 0.735. The van der Waals surface area contributed by atoms with Crippen LogP contribution in [-0.4, -0.2) is 215 Å². The molecule has 57 heavy (non-hydrogen) atoms. The maximum absolute atomic E-state index is 12.8. The van der Waals surface area contributed by atoms with Gasteiger partial charge >= 0.3 is 35.9 Å². The van der Waals surface area contributed by atoms with Crippen LogP contribution in [0.3, 0.4) is 0 Å². The van der Waals surface area contributed by atoms with E-state index in [1.807, 2.05) is 9.80 Å². The molecule has 1 heterocycles. The van der Waals surface area contributed by atoms with Crippen LogP contribution in [0.2, 0.25) is 0 Å². The van der Waals surface area contributed by atoms with Crippen molar-refractivity contribution < 1.29 is 73.8 Å². The molecule has 1 saturated heterocycles. The lowest BCUT2D eigenvalue weighted by Gasteiger charge is -2.32. The van der Waals surface area contributed by atoms with Crippen molar-refractivity contribution in [3.05, 3.63) is 0 Å². The van der Waals surface area contributed by atoms with E-state index < -0.39 is 54.4 Å². The zero-order chi connectivity index (χ0) is 43.2. The van der Waals surface area contributed by atoms with Crippen molar-refractivity contribution in [2.45, 2.75) is 63.5 Å². The van der Waals surface area contributed by atoms with Crippen LogP contribution in [-0.2, 0) is 38.4 Å². The van der Waals surface area contributed by atoms with Gasteiger partial charge in [0.05, 0.1) is 26.2 Å². The number of carbonyl (C=O) groups is 9. The van der Waals surface area contributed by atoms with Crippen LogP contribution in [0.4, 0.5) is 4.79 Å². The van der Waals surface area contributed by atoms with E-state index in [1.54, 1.807) is 9.80 Å². The van der Waals surface area contributed by atoms with E-state index in [-0.39, 0.29) is 63.8 Å². The van der Waals surface area contributed by atoms with Gasteiger partial charge in [-0.1, -0.05) is 0 Å². The summed E-state index contributed by atoms with van der Waals surface area (Å²) in [4.78, 5) is 112. The fourth-order valence-electron chi connectivity index (χ4n) is 5.55. The first-order valence-corrected chi connectivity index (χ1v) is 18.6. The Bertz CT molecular complexity index is 1260. The lowest BCUT2D eigenvalue weighted by Crippen LogP contribution is -2.51. The number of unbranched alkanes of at least 4 members (excludes halogenated alkanes) is 2. The number of nitrogens with one attached hydrogen (secondary N) is 4. The quantitative estimate of drug-likeness (QED) is 0.0321. The lowest BCUT2D eigenvalue weighted by atomic mass is 10.1. The molecule has 0 aliphatic carbocycles. The van der Waals surface area contributed by atoms with Crippen LogP contribution < -0.4 is 21.3 Å². The highest BCUT2D eigenvalue weighted by Gasteiger charge is 2.25. The Hall–Kier alpha value is -4.97. The third-order valence-corrected chi connectivity index (χ3v) is 8.60. The lowest BCUT2D eigenvalue weighted by molar-refractivity contribution is -0.141. The Labute approximate surface area is 330 Å². The third kappa shape index (κ3) is 27.3. The first-order valence-electron chi connectivity index (χ1n) is 18.6. The highest BCUT2D eigenvalue weighted by molar-refractivity contribution is 5.86. The second kappa shape index (κ2) is 31.2.